The maximum absolute atomic E-state index is 13.3. The highest BCUT2D eigenvalue weighted by Crippen LogP contribution is 2.52. The number of allylic oxidation sites excluding steroid dienone is 2. The van der Waals surface area contributed by atoms with Crippen LogP contribution in [0.5, 0.6) is 0 Å². The number of likely N-dealkylation sites (tertiary alicyclic amines) is 1. The number of hydrogen-bond donors (Lipinski definition) is 0. The molecule has 2 unspecified atom stereocenters. The highest BCUT2D eigenvalue weighted by Gasteiger charge is 2.61. The molecule has 5 aliphatic rings. The Kier molecular flexibility index (Phi) is 5.73. The fourth-order valence-corrected chi connectivity index (χ4v) is 7.22. The molecule has 7 nitrogen and oxygen atoms in total. The van der Waals surface area contributed by atoms with Gasteiger partial charge in [0.05, 0.1) is 17.8 Å². The Morgan fingerprint density at radius 3 is 2.11 bits per heavy atom. The molecule has 2 aliphatic heterocycles. The molecule has 3 amide bonds. The predicted molar refractivity (Wildman–Crippen MR) is 126 cm³/mol. The minimum absolute atomic E-state index is 0.0169. The Morgan fingerprint density at radius 1 is 0.914 bits per heavy atom. The molecule has 2 saturated carbocycles. The van der Waals surface area contributed by atoms with Crippen molar-refractivity contribution in [2.24, 2.45) is 41.4 Å². The standard InChI is InChI=1S/C28H32N2O5/c31-23(29-15-20-8-4-5-9-21(20)16-29)14-22(12-17-6-2-1-3-7-17)28(34)35-30-26(32)24-18-10-11-19(13-18)25(24)27(30)33/h1-3,6-7,10-11,18-22,24-25H,4-5,8-9,12-16H2/t18-,19+,20-,21+,22-,24?,25?/m0/s1. The maximum atomic E-state index is 13.3. The van der Waals surface area contributed by atoms with Gasteiger partial charge >= 0.3 is 5.97 Å². The molecule has 7 atom stereocenters. The summed E-state index contributed by atoms with van der Waals surface area (Å²) >= 11 is 0. The van der Waals surface area contributed by atoms with Crippen LogP contribution in [0.2, 0.25) is 0 Å². The van der Waals surface area contributed by atoms with Crippen molar-refractivity contribution in [3.05, 3.63) is 48.0 Å². The van der Waals surface area contributed by atoms with Gasteiger partial charge in [0.1, 0.15) is 0 Å². The monoisotopic (exact) mass is 476 g/mol. The number of fused-ring (bicyclic) bond motifs is 6. The zero-order valence-corrected chi connectivity index (χ0v) is 19.9. The maximum Gasteiger partial charge on any atom is 0.337 e. The number of imide groups is 1. The summed E-state index contributed by atoms with van der Waals surface area (Å²) in [7, 11) is 0. The number of hydroxylamine groups is 2. The van der Waals surface area contributed by atoms with Crippen molar-refractivity contribution in [1.29, 1.82) is 0 Å². The van der Waals surface area contributed by atoms with E-state index in [1.165, 1.54) is 25.7 Å². The topological polar surface area (TPSA) is 84.0 Å². The Morgan fingerprint density at radius 2 is 1.51 bits per heavy atom. The molecule has 4 fully saturated rings. The molecule has 2 saturated heterocycles. The third kappa shape index (κ3) is 3.99. The molecule has 0 N–H and O–H groups in total. The van der Waals surface area contributed by atoms with Gasteiger partial charge in [-0.1, -0.05) is 55.3 Å². The van der Waals surface area contributed by atoms with Crippen LogP contribution in [0.1, 0.15) is 44.1 Å². The van der Waals surface area contributed by atoms with Gasteiger partial charge in [-0.2, -0.15) is 0 Å². The molecule has 35 heavy (non-hydrogen) atoms. The predicted octanol–water partition coefficient (Wildman–Crippen LogP) is 3.15. The quantitative estimate of drug-likeness (QED) is 0.465. The summed E-state index contributed by atoms with van der Waals surface area (Å²) in [5, 5.41) is 0.705. The van der Waals surface area contributed by atoms with Crippen LogP contribution in [-0.4, -0.2) is 46.7 Å². The zero-order valence-electron chi connectivity index (χ0n) is 19.9. The molecule has 0 aromatic heterocycles. The van der Waals surface area contributed by atoms with Gasteiger partial charge in [-0.25, -0.2) is 4.79 Å². The number of carbonyl (C=O) groups excluding carboxylic acids is 4. The summed E-state index contributed by atoms with van der Waals surface area (Å²) < 4.78 is 0. The van der Waals surface area contributed by atoms with Crippen molar-refractivity contribution in [3.8, 4) is 0 Å². The van der Waals surface area contributed by atoms with Gasteiger partial charge in [0.2, 0.25) is 5.91 Å². The first kappa shape index (κ1) is 22.5. The van der Waals surface area contributed by atoms with E-state index in [0.29, 0.717) is 23.3 Å². The van der Waals surface area contributed by atoms with E-state index in [-0.39, 0.29) is 24.2 Å². The van der Waals surface area contributed by atoms with E-state index in [1.807, 2.05) is 47.4 Å². The average Bonchev–Trinajstić information content (AvgIpc) is 3.64. The van der Waals surface area contributed by atoms with E-state index in [9.17, 15) is 19.2 Å². The van der Waals surface area contributed by atoms with E-state index in [4.69, 9.17) is 4.84 Å². The van der Waals surface area contributed by atoms with Crippen molar-refractivity contribution >= 4 is 23.7 Å². The fourth-order valence-electron chi connectivity index (χ4n) is 7.22. The summed E-state index contributed by atoms with van der Waals surface area (Å²) in [5.41, 5.74) is 0.913. The summed E-state index contributed by atoms with van der Waals surface area (Å²) in [6.07, 6.45) is 9.96. The van der Waals surface area contributed by atoms with Crippen LogP contribution < -0.4 is 0 Å². The second-order valence-corrected chi connectivity index (χ2v) is 11.1. The van der Waals surface area contributed by atoms with Gasteiger partial charge in [-0.3, -0.25) is 14.4 Å². The molecular weight excluding hydrogens is 444 g/mol. The normalized spacial score (nSPS) is 33.7. The first-order valence-electron chi connectivity index (χ1n) is 13.1. The van der Waals surface area contributed by atoms with Crippen molar-refractivity contribution in [3.63, 3.8) is 0 Å². The van der Waals surface area contributed by atoms with Crippen LogP contribution in [0.25, 0.3) is 0 Å². The van der Waals surface area contributed by atoms with Crippen LogP contribution in [0, 0.1) is 41.4 Å². The molecule has 2 bridgehead atoms. The van der Waals surface area contributed by atoms with Gasteiger partial charge in [0.15, 0.2) is 0 Å². The molecule has 7 heteroatoms. The van der Waals surface area contributed by atoms with Crippen LogP contribution >= 0.6 is 0 Å². The van der Waals surface area contributed by atoms with Crippen molar-refractivity contribution in [2.45, 2.75) is 44.9 Å². The smallest absolute Gasteiger partial charge is 0.337 e. The lowest BCUT2D eigenvalue weighted by Gasteiger charge is -2.23. The summed E-state index contributed by atoms with van der Waals surface area (Å²) in [4.78, 5) is 60.0. The number of hydrogen-bond acceptors (Lipinski definition) is 5. The molecule has 1 aromatic carbocycles. The number of nitrogens with zero attached hydrogens (tertiary/aromatic N) is 2. The minimum Gasteiger partial charge on any atom is -0.342 e. The number of amides is 3. The average molecular weight is 477 g/mol. The van der Waals surface area contributed by atoms with E-state index < -0.39 is 35.5 Å². The second-order valence-electron chi connectivity index (χ2n) is 11.1. The highest BCUT2D eigenvalue weighted by molar-refractivity contribution is 6.06. The SMILES string of the molecule is O=C(ON1C(=O)C2C(C1=O)[C@H]1C=C[C@@H]2C1)[C@H](CC(=O)N1C[C@H]2CCCC[C@H]2C1)Cc1ccccc1. The van der Waals surface area contributed by atoms with E-state index >= 15 is 0 Å². The lowest BCUT2D eigenvalue weighted by molar-refractivity contribution is -0.202. The Hall–Kier alpha value is -2.96. The molecular formula is C28H32N2O5. The van der Waals surface area contributed by atoms with Crippen molar-refractivity contribution < 1.29 is 24.0 Å². The Bertz CT molecular complexity index is 1020. The number of benzene rings is 1. The summed E-state index contributed by atoms with van der Waals surface area (Å²) in [5.74, 6) is -1.95. The Balaban J connectivity index is 1.16. The van der Waals surface area contributed by atoms with E-state index in [0.717, 1.165) is 25.1 Å². The van der Waals surface area contributed by atoms with Crippen molar-refractivity contribution in [2.75, 3.05) is 13.1 Å². The second kappa shape index (κ2) is 8.92. The number of carbonyl (C=O) groups is 4. The van der Waals surface area contributed by atoms with Crippen LogP contribution in [0.15, 0.2) is 42.5 Å². The number of rotatable bonds is 6. The van der Waals surface area contributed by atoms with Crippen molar-refractivity contribution in [1.82, 2.24) is 9.96 Å². The highest BCUT2D eigenvalue weighted by atomic mass is 16.7. The minimum atomic E-state index is -0.761. The molecule has 184 valence electrons. The third-order valence-corrected chi connectivity index (χ3v) is 9.02. The summed E-state index contributed by atoms with van der Waals surface area (Å²) in [6.45, 7) is 1.53. The third-order valence-electron chi connectivity index (χ3n) is 9.02. The summed E-state index contributed by atoms with van der Waals surface area (Å²) in [6, 6.07) is 9.51. The largest absolute Gasteiger partial charge is 0.342 e. The van der Waals surface area contributed by atoms with Crippen LogP contribution in [-0.2, 0) is 30.4 Å². The van der Waals surface area contributed by atoms with Gasteiger partial charge in [0, 0.05) is 19.5 Å². The van der Waals surface area contributed by atoms with Gasteiger partial charge < -0.3 is 9.74 Å². The van der Waals surface area contributed by atoms with Gasteiger partial charge in [-0.15, -0.1) is 5.06 Å². The lowest BCUT2D eigenvalue weighted by Crippen LogP contribution is -2.39. The van der Waals surface area contributed by atoms with E-state index in [2.05, 4.69) is 0 Å². The van der Waals surface area contributed by atoms with Gasteiger partial charge in [-0.05, 0) is 54.9 Å². The lowest BCUT2D eigenvalue weighted by atomic mass is 9.82. The van der Waals surface area contributed by atoms with Crippen LogP contribution in [0.4, 0.5) is 0 Å². The van der Waals surface area contributed by atoms with Gasteiger partial charge in [0.25, 0.3) is 11.8 Å². The molecule has 2 heterocycles. The molecule has 6 rings (SSSR count). The molecule has 0 radical (unpaired) electrons. The fraction of sp³-hybridized carbons (Fsp3) is 0.571. The molecule has 1 aromatic rings. The first-order chi connectivity index (χ1) is 17.0. The van der Waals surface area contributed by atoms with Crippen LogP contribution in [0.3, 0.4) is 0 Å². The van der Waals surface area contributed by atoms with E-state index in [1.54, 1.807) is 0 Å². The molecule has 3 aliphatic carbocycles. The molecule has 0 spiro atoms. The zero-order chi connectivity index (χ0) is 24.1. The first-order valence-corrected chi connectivity index (χ1v) is 13.1. The Labute approximate surface area is 205 Å².